The van der Waals surface area contributed by atoms with Gasteiger partial charge in [0.2, 0.25) is 5.91 Å². The normalized spacial score (nSPS) is 15.2. The zero-order chi connectivity index (χ0) is 19.8. The number of amides is 1. The third-order valence-electron chi connectivity index (χ3n) is 4.98. The molecule has 150 valence electrons. The molecule has 0 N–H and O–H groups in total. The lowest BCUT2D eigenvalue weighted by atomic mass is 9.98. The van der Waals surface area contributed by atoms with E-state index in [0.717, 1.165) is 30.6 Å². The number of anilines is 1. The van der Waals surface area contributed by atoms with Crippen molar-refractivity contribution in [3.63, 3.8) is 0 Å². The Balaban J connectivity index is 2.33. The molecule has 6 heteroatoms. The highest BCUT2D eigenvalue weighted by Gasteiger charge is 2.26. The highest BCUT2D eigenvalue weighted by molar-refractivity contribution is 7.15. The highest BCUT2D eigenvalue weighted by Crippen LogP contribution is 2.38. The summed E-state index contributed by atoms with van der Waals surface area (Å²) < 4.78 is 10.3. The quantitative estimate of drug-likeness (QED) is 0.551. The van der Waals surface area contributed by atoms with Gasteiger partial charge in [0.1, 0.15) is 4.88 Å². The SMILES string of the molecule is CCC(=O)N(CCCC(C)OC)c1cc(C2=CCCCC2)sc1C(=O)OC. The van der Waals surface area contributed by atoms with Crippen molar-refractivity contribution >= 4 is 34.5 Å². The molecule has 1 aromatic heterocycles. The average Bonchev–Trinajstić information content (AvgIpc) is 3.15. The maximum absolute atomic E-state index is 12.6. The van der Waals surface area contributed by atoms with Crippen LogP contribution in [0.15, 0.2) is 12.1 Å². The molecule has 0 aromatic carbocycles. The van der Waals surface area contributed by atoms with Gasteiger partial charge in [-0.05, 0) is 57.1 Å². The van der Waals surface area contributed by atoms with E-state index in [1.54, 1.807) is 12.0 Å². The van der Waals surface area contributed by atoms with Crippen LogP contribution in [0.2, 0.25) is 0 Å². The van der Waals surface area contributed by atoms with E-state index in [4.69, 9.17) is 9.47 Å². The van der Waals surface area contributed by atoms with Crippen molar-refractivity contribution in [1.29, 1.82) is 0 Å². The number of methoxy groups -OCH3 is 2. The molecule has 2 rings (SSSR count). The van der Waals surface area contributed by atoms with E-state index in [9.17, 15) is 9.59 Å². The monoisotopic (exact) mass is 393 g/mol. The fourth-order valence-electron chi connectivity index (χ4n) is 3.27. The first-order valence-electron chi connectivity index (χ1n) is 9.76. The maximum atomic E-state index is 12.6. The van der Waals surface area contributed by atoms with Gasteiger partial charge in [-0.15, -0.1) is 11.3 Å². The van der Waals surface area contributed by atoms with Crippen LogP contribution in [-0.4, -0.2) is 38.7 Å². The number of carbonyl (C=O) groups excluding carboxylic acids is 2. The zero-order valence-electron chi connectivity index (χ0n) is 16.9. The van der Waals surface area contributed by atoms with E-state index in [2.05, 4.69) is 6.08 Å². The summed E-state index contributed by atoms with van der Waals surface area (Å²) in [5.41, 5.74) is 1.96. The Kier molecular flexibility index (Phi) is 8.51. The molecule has 0 radical (unpaired) electrons. The molecule has 1 aliphatic rings. The van der Waals surface area contributed by atoms with Gasteiger partial charge < -0.3 is 14.4 Å². The number of nitrogens with zero attached hydrogens (tertiary/aromatic N) is 1. The molecular formula is C21H31NO4S. The van der Waals surface area contributed by atoms with Crippen LogP contribution in [0.25, 0.3) is 5.57 Å². The van der Waals surface area contributed by atoms with Gasteiger partial charge in [0.05, 0.1) is 18.9 Å². The lowest BCUT2D eigenvalue weighted by molar-refractivity contribution is -0.118. The van der Waals surface area contributed by atoms with Gasteiger partial charge in [0, 0.05) is 25.0 Å². The van der Waals surface area contributed by atoms with Gasteiger partial charge >= 0.3 is 5.97 Å². The van der Waals surface area contributed by atoms with Gasteiger partial charge in [0.15, 0.2) is 0 Å². The Morgan fingerprint density at radius 1 is 1.30 bits per heavy atom. The first-order chi connectivity index (χ1) is 13.0. The predicted octanol–water partition coefficient (Wildman–Crippen LogP) is 5.05. The topological polar surface area (TPSA) is 55.8 Å². The standard InChI is InChI=1S/C21H31NO4S/c1-5-19(23)22(13-9-10-15(2)25-3)17-14-18(16-11-7-6-8-12-16)27-20(17)21(24)26-4/h11,14-15H,5-10,12-13H2,1-4H3. The number of hydrogen-bond donors (Lipinski definition) is 0. The van der Waals surface area contributed by atoms with Crippen molar-refractivity contribution in [1.82, 2.24) is 0 Å². The molecule has 0 fully saturated rings. The summed E-state index contributed by atoms with van der Waals surface area (Å²) in [6, 6.07) is 2.00. The maximum Gasteiger partial charge on any atom is 0.350 e. The van der Waals surface area contributed by atoms with Crippen molar-refractivity contribution < 1.29 is 19.1 Å². The van der Waals surface area contributed by atoms with Crippen LogP contribution in [0.1, 0.15) is 73.3 Å². The van der Waals surface area contributed by atoms with E-state index in [1.165, 1.54) is 36.9 Å². The zero-order valence-corrected chi connectivity index (χ0v) is 17.7. The van der Waals surface area contributed by atoms with Crippen LogP contribution in [-0.2, 0) is 14.3 Å². The minimum absolute atomic E-state index is 0.0206. The van der Waals surface area contributed by atoms with Gasteiger partial charge in [-0.3, -0.25) is 4.79 Å². The fourth-order valence-corrected chi connectivity index (χ4v) is 4.41. The molecule has 1 unspecified atom stereocenters. The molecule has 1 heterocycles. The minimum atomic E-state index is -0.378. The second kappa shape index (κ2) is 10.6. The fraction of sp³-hybridized carbons (Fsp3) is 0.619. The Morgan fingerprint density at radius 2 is 2.07 bits per heavy atom. The van der Waals surface area contributed by atoms with Gasteiger partial charge in [-0.2, -0.15) is 0 Å². The summed E-state index contributed by atoms with van der Waals surface area (Å²) in [5.74, 6) is -0.357. The van der Waals surface area contributed by atoms with E-state index in [-0.39, 0.29) is 18.0 Å². The van der Waals surface area contributed by atoms with Crippen molar-refractivity contribution in [2.24, 2.45) is 0 Å². The molecule has 0 saturated heterocycles. The summed E-state index contributed by atoms with van der Waals surface area (Å²) >= 11 is 1.44. The van der Waals surface area contributed by atoms with Gasteiger partial charge in [-0.25, -0.2) is 4.79 Å². The van der Waals surface area contributed by atoms with Gasteiger partial charge in [-0.1, -0.05) is 13.0 Å². The van der Waals surface area contributed by atoms with Crippen LogP contribution in [0, 0.1) is 0 Å². The van der Waals surface area contributed by atoms with Crippen LogP contribution in [0.5, 0.6) is 0 Å². The molecule has 0 spiro atoms. The van der Waals surface area contributed by atoms with Crippen LogP contribution in [0.4, 0.5) is 5.69 Å². The molecule has 1 amide bonds. The number of carbonyl (C=O) groups is 2. The Labute approximate surface area is 166 Å². The number of rotatable bonds is 9. The molecule has 5 nitrogen and oxygen atoms in total. The van der Waals surface area contributed by atoms with E-state index < -0.39 is 0 Å². The number of esters is 1. The first kappa shape index (κ1) is 21.6. The summed E-state index contributed by atoms with van der Waals surface area (Å²) in [7, 11) is 3.08. The van der Waals surface area contributed by atoms with Crippen LogP contribution < -0.4 is 4.90 Å². The second-order valence-electron chi connectivity index (χ2n) is 6.88. The third kappa shape index (κ3) is 5.66. The summed E-state index contributed by atoms with van der Waals surface area (Å²) in [4.78, 5) is 28.4. The van der Waals surface area contributed by atoms with E-state index in [1.807, 2.05) is 19.9 Å². The predicted molar refractivity (Wildman–Crippen MR) is 110 cm³/mol. The molecule has 27 heavy (non-hydrogen) atoms. The molecule has 0 bridgehead atoms. The highest BCUT2D eigenvalue weighted by atomic mass is 32.1. The van der Waals surface area contributed by atoms with Crippen molar-refractivity contribution in [3.05, 3.63) is 21.9 Å². The number of allylic oxidation sites excluding steroid dienone is 2. The summed E-state index contributed by atoms with van der Waals surface area (Å²) in [5, 5.41) is 0. The Hall–Kier alpha value is -1.66. The van der Waals surface area contributed by atoms with Crippen molar-refractivity contribution in [2.45, 2.75) is 64.9 Å². The lowest BCUT2D eigenvalue weighted by Gasteiger charge is -2.23. The molecule has 1 aromatic rings. The largest absolute Gasteiger partial charge is 0.465 e. The Morgan fingerprint density at radius 3 is 2.67 bits per heavy atom. The number of ether oxygens (including phenoxy) is 2. The van der Waals surface area contributed by atoms with Crippen LogP contribution >= 0.6 is 11.3 Å². The number of hydrogen-bond acceptors (Lipinski definition) is 5. The summed E-state index contributed by atoms with van der Waals surface area (Å²) in [6.07, 6.45) is 8.95. The minimum Gasteiger partial charge on any atom is -0.465 e. The third-order valence-corrected chi connectivity index (χ3v) is 6.16. The second-order valence-corrected chi connectivity index (χ2v) is 7.93. The molecular weight excluding hydrogens is 362 g/mol. The van der Waals surface area contributed by atoms with Gasteiger partial charge in [0.25, 0.3) is 0 Å². The molecule has 0 saturated carbocycles. The smallest absolute Gasteiger partial charge is 0.350 e. The van der Waals surface area contributed by atoms with Crippen molar-refractivity contribution in [3.8, 4) is 0 Å². The Bertz CT molecular complexity index is 680. The average molecular weight is 394 g/mol. The van der Waals surface area contributed by atoms with Crippen LogP contribution in [0.3, 0.4) is 0 Å². The summed E-state index contributed by atoms with van der Waals surface area (Å²) in [6.45, 7) is 4.44. The number of thiophene rings is 1. The lowest BCUT2D eigenvalue weighted by Crippen LogP contribution is -2.32. The first-order valence-corrected chi connectivity index (χ1v) is 10.6. The molecule has 1 aliphatic carbocycles. The van der Waals surface area contributed by atoms with E-state index in [0.29, 0.717) is 23.5 Å². The van der Waals surface area contributed by atoms with E-state index >= 15 is 0 Å². The molecule has 0 aliphatic heterocycles. The molecule has 1 atom stereocenters. The van der Waals surface area contributed by atoms with Crippen molar-refractivity contribution in [2.75, 3.05) is 25.7 Å².